The monoisotopic (exact) mass is 288 g/mol. The van der Waals surface area contributed by atoms with E-state index in [0.717, 1.165) is 25.0 Å². The molecule has 114 valence electrons. The van der Waals surface area contributed by atoms with Crippen LogP contribution in [0.1, 0.15) is 46.5 Å². The molecule has 0 spiro atoms. The highest BCUT2D eigenvalue weighted by molar-refractivity contribution is 5.20. The van der Waals surface area contributed by atoms with Crippen molar-refractivity contribution < 1.29 is 13.2 Å². The van der Waals surface area contributed by atoms with Crippen molar-refractivity contribution in [2.45, 2.75) is 64.7 Å². The topological polar surface area (TPSA) is 15.3 Å². The van der Waals surface area contributed by atoms with Gasteiger partial charge in [0.25, 0.3) is 0 Å². The lowest BCUT2D eigenvalue weighted by Crippen LogP contribution is -2.61. The Kier molecular flexibility index (Phi) is 3.13. The summed E-state index contributed by atoms with van der Waals surface area (Å²) in [5, 5.41) is 1.49. The summed E-state index contributed by atoms with van der Waals surface area (Å²) in [7, 11) is 0. The van der Waals surface area contributed by atoms with Crippen LogP contribution in [0.4, 0.5) is 13.2 Å². The van der Waals surface area contributed by atoms with Crippen LogP contribution in [0.25, 0.3) is 0 Å². The van der Waals surface area contributed by atoms with Crippen LogP contribution in [0.5, 0.6) is 0 Å². The first-order valence-corrected chi connectivity index (χ1v) is 7.52. The van der Waals surface area contributed by atoms with Crippen LogP contribution in [-0.2, 0) is 0 Å². The standard InChI is InChI=1S/C15H23F3N2/c1-14(2,3)12-8-10-7-9-5-4-6-11(9)13(15(16,17)18)20(10)19-12/h8-11,13,19H,4-7H2,1-3H3/t9-,10?,11-,13-/m0/s1. The van der Waals surface area contributed by atoms with Gasteiger partial charge in [0.15, 0.2) is 0 Å². The van der Waals surface area contributed by atoms with Gasteiger partial charge in [-0.15, -0.1) is 0 Å². The number of alkyl halides is 3. The molecule has 3 aliphatic rings. The fraction of sp³-hybridized carbons (Fsp3) is 0.867. The Balaban J connectivity index is 1.91. The van der Waals surface area contributed by atoms with Crippen molar-refractivity contribution in [3.05, 3.63) is 11.8 Å². The molecule has 0 aromatic rings. The molecule has 0 radical (unpaired) electrons. The summed E-state index contributed by atoms with van der Waals surface area (Å²) in [6.45, 7) is 6.11. The van der Waals surface area contributed by atoms with Gasteiger partial charge in [-0.3, -0.25) is 0 Å². The van der Waals surface area contributed by atoms with Gasteiger partial charge in [-0.1, -0.05) is 33.6 Å². The summed E-state index contributed by atoms with van der Waals surface area (Å²) in [5.74, 6) is 0.00621. The third-order valence-electron chi connectivity index (χ3n) is 5.08. The molecule has 2 fully saturated rings. The number of hydrogen-bond donors (Lipinski definition) is 1. The van der Waals surface area contributed by atoms with E-state index in [1.807, 2.05) is 26.8 Å². The maximum Gasteiger partial charge on any atom is 0.406 e. The zero-order valence-electron chi connectivity index (χ0n) is 12.3. The lowest BCUT2D eigenvalue weighted by atomic mass is 9.79. The van der Waals surface area contributed by atoms with Crippen molar-refractivity contribution in [3.63, 3.8) is 0 Å². The summed E-state index contributed by atoms with van der Waals surface area (Å²) in [6, 6.07) is -1.43. The average molecular weight is 288 g/mol. The second kappa shape index (κ2) is 4.39. The average Bonchev–Trinajstić information content (AvgIpc) is 2.86. The van der Waals surface area contributed by atoms with Gasteiger partial charge in [0, 0.05) is 11.1 Å². The molecule has 1 N–H and O–H groups in total. The first kappa shape index (κ1) is 14.2. The molecule has 2 heterocycles. The molecule has 1 unspecified atom stereocenters. The molecule has 0 bridgehead atoms. The Morgan fingerprint density at radius 1 is 1.20 bits per heavy atom. The quantitative estimate of drug-likeness (QED) is 0.728. The van der Waals surface area contributed by atoms with Gasteiger partial charge in [0.2, 0.25) is 0 Å². The van der Waals surface area contributed by atoms with Gasteiger partial charge < -0.3 is 5.43 Å². The predicted octanol–water partition coefficient (Wildman–Crippen LogP) is 3.86. The van der Waals surface area contributed by atoms with Crippen LogP contribution in [-0.4, -0.2) is 23.3 Å². The van der Waals surface area contributed by atoms with E-state index in [-0.39, 0.29) is 23.3 Å². The Hall–Kier alpha value is -0.710. The van der Waals surface area contributed by atoms with Gasteiger partial charge in [0.05, 0.1) is 6.04 Å². The van der Waals surface area contributed by atoms with Crippen LogP contribution < -0.4 is 5.43 Å². The normalized spacial score (nSPS) is 38.2. The third kappa shape index (κ3) is 2.24. The number of nitrogens with one attached hydrogen (secondary N) is 1. The minimum absolute atomic E-state index is 0.102. The molecule has 2 nitrogen and oxygen atoms in total. The summed E-state index contributed by atoms with van der Waals surface area (Å²) in [4.78, 5) is 0. The Labute approximate surface area is 118 Å². The molecular weight excluding hydrogens is 265 g/mol. The molecule has 20 heavy (non-hydrogen) atoms. The van der Waals surface area contributed by atoms with E-state index in [2.05, 4.69) is 5.43 Å². The Morgan fingerprint density at radius 2 is 1.90 bits per heavy atom. The van der Waals surface area contributed by atoms with Crippen LogP contribution in [0.2, 0.25) is 0 Å². The molecule has 3 rings (SSSR count). The Morgan fingerprint density at radius 3 is 2.50 bits per heavy atom. The predicted molar refractivity (Wildman–Crippen MR) is 71.6 cm³/mol. The number of allylic oxidation sites excluding steroid dienone is 1. The van der Waals surface area contributed by atoms with E-state index in [4.69, 9.17) is 0 Å². The van der Waals surface area contributed by atoms with Gasteiger partial charge >= 0.3 is 6.18 Å². The lowest BCUT2D eigenvalue weighted by molar-refractivity contribution is -0.221. The van der Waals surface area contributed by atoms with Gasteiger partial charge in [-0.05, 0) is 30.8 Å². The number of fused-ring (bicyclic) bond motifs is 2. The lowest BCUT2D eigenvalue weighted by Gasteiger charge is -2.45. The van der Waals surface area contributed by atoms with Crippen molar-refractivity contribution in [2.75, 3.05) is 0 Å². The minimum Gasteiger partial charge on any atom is -0.322 e. The first-order chi connectivity index (χ1) is 9.18. The third-order valence-corrected chi connectivity index (χ3v) is 5.08. The maximum absolute atomic E-state index is 13.5. The van der Waals surface area contributed by atoms with E-state index >= 15 is 0 Å². The summed E-state index contributed by atoms with van der Waals surface area (Å²) < 4.78 is 40.6. The fourth-order valence-corrected chi connectivity index (χ4v) is 4.10. The first-order valence-electron chi connectivity index (χ1n) is 7.52. The molecule has 4 atom stereocenters. The second-order valence-corrected chi connectivity index (χ2v) is 7.49. The second-order valence-electron chi connectivity index (χ2n) is 7.49. The zero-order chi connectivity index (χ0) is 14.7. The SMILES string of the molecule is CC(C)(C)C1=CC2C[C@@H]3CCC[C@@H]3[C@@H](C(F)(F)F)N2N1. The number of hydrazine groups is 1. The minimum atomic E-state index is -4.15. The summed E-state index contributed by atoms with van der Waals surface area (Å²) in [5.41, 5.74) is 3.87. The van der Waals surface area contributed by atoms with Crippen molar-refractivity contribution in [1.82, 2.24) is 10.4 Å². The highest BCUT2D eigenvalue weighted by Crippen LogP contribution is 2.50. The van der Waals surface area contributed by atoms with Crippen LogP contribution in [0, 0.1) is 17.3 Å². The molecule has 2 aliphatic heterocycles. The largest absolute Gasteiger partial charge is 0.406 e. The van der Waals surface area contributed by atoms with Crippen LogP contribution in [0.15, 0.2) is 11.8 Å². The molecule has 1 saturated heterocycles. The molecule has 1 aliphatic carbocycles. The number of rotatable bonds is 0. The van der Waals surface area contributed by atoms with Gasteiger partial charge in [0.1, 0.15) is 6.04 Å². The number of nitrogens with zero attached hydrogens (tertiary/aromatic N) is 1. The van der Waals surface area contributed by atoms with E-state index in [0.29, 0.717) is 6.42 Å². The molecule has 1 saturated carbocycles. The summed E-state index contributed by atoms with van der Waals surface area (Å²) >= 11 is 0. The van der Waals surface area contributed by atoms with Crippen molar-refractivity contribution >= 4 is 0 Å². The van der Waals surface area contributed by atoms with E-state index < -0.39 is 12.2 Å². The molecule has 5 heteroatoms. The molecule has 0 aromatic heterocycles. The van der Waals surface area contributed by atoms with Crippen molar-refractivity contribution in [1.29, 1.82) is 0 Å². The van der Waals surface area contributed by atoms with Crippen LogP contribution in [0.3, 0.4) is 0 Å². The van der Waals surface area contributed by atoms with Crippen molar-refractivity contribution in [3.8, 4) is 0 Å². The van der Waals surface area contributed by atoms with Gasteiger partial charge in [-0.25, -0.2) is 5.01 Å². The Bertz CT molecular complexity index is 422. The molecular formula is C15H23F3N2. The molecule has 0 amide bonds. The number of piperidine rings is 1. The van der Waals surface area contributed by atoms with Crippen molar-refractivity contribution in [2.24, 2.45) is 17.3 Å². The van der Waals surface area contributed by atoms with Crippen LogP contribution >= 0.6 is 0 Å². The van der Waals surface area contributed by atoms with E-state index in [1.54, 1.807) is 0 Å². The maximum atomic E-state index is 13.5. The number of halogens is 3. The fourth-order valence-electron chi connectivity index (χ4n) is 4.10. The highest BCUT2D eigenvalue weighted by Gasteiger charge is 2.57. The number of hydrogen-bond acceptors (Lipinski definition) is 2. The zero-order valence-corrected chi connectivity index (χ0v) is 12.3. The van der Waals surface area contributed by atoms with E-state index in [9.17, 15) is 13.2 Å². The van der Waals surface area contributed by atoms with E-state index in [1.165, 1.54) is 5.01 Å². The highest BCUT2D eigenvalue weighted by atomic mass is 19.4. The molecule has 0 aromatic carbocycles. The van der Waals surface area contributed by atoms with Gasteiger partial charge in [-0.2, -0.15) is 13.2 Å². The summed E-state index contributed by atoms with van der Waals surface area (Å²) in [6.07, 6.45) is 1.35. The smallest absolute Gasteiger partial charge is 0.322 e.